The summed E-state index contributed by atoms with van der Waals surface area (Å²) in [6, 6.07) is 8.16. The molecule has 0 aromatic heterocycles. The molecule has 0 bridgehead atoms. The molecule has 1 heteroatoms. The van der Waals surface area contributed by atoms with Crippen LogP contribution in [-0.4, -0.2) is 6.61 Å². The maximum atomic E-state index is 5.59. The van der Waals surface area contributed by atoms with E-state index in [4.69, 9.17) is 4.74 Å². The van der Waals surface area contributed by atoms with Crippen molar-refractivity contribution in [3.05, 3.63) is 48.1 Å². The molecule has 1 saturated carbocycles. The van der Waals surface area contributed by atoms with Gasteiger partial charge in [0.2, 0.25) is 0 Å². The van der Waals surface area contributed by atoms with Crippen LogP contribution in [0.3, 0.4) is 0 Å². The van der Waals surface area contributed by atoms with Crippen LogP contribution in [0, 0.1) is 23.7 Å². The minimum absolute atomic E-state index is 0.738. The SMILES string of the molecule is CCCCC1CCC(/C=C/C#C/C=C/c2ccc(OCCC)cc2)CC1. The first kappa shape index (κ1) is 20.4. The monoisotopic (exact) mass is 350 g/mol. The molecule has 0 unspecified atom stereocenters. The van der Waals surface area contributed by atoms with E-state index in [0.29, 0.717) is 0 Å². The van der Waals surface area contributed by atoms with Gasteiger partial charge in [0.15, 0.2) is 0 Å². The largest absolute Gasteiger partial charge is 0.494 e. The number of allylic oxidation sites excluding steroid dienone is 3. The fourth-order valence-electron chi connectivity index (χ4n) is 3.48. The number of ether oxygens (including phenoxy) is 1. The van der Waals surface area contributed by atoms with Gasteiger partial charge in [0.05, 0.1) is 6.61 Å². The van der Waals surface area contributed by atoms with Crippen LogP contribution in [0.15, 0.2) is 42.5 Å². The van der Waals surface area contributed by atoms with Crippen LogP contribution < -0.4 is 4.74 Å². The van der Waals surface area contributed by atoms with E-state index in [1.807, 2.05) is 30.4 Å². The highest BCUT2D eigenvalue weighted by atomic mass is 16.5. The second-order valence-corrected chi connectivity index (χ2v) is 7.32. The summed E-state index contributed by atoms with van der Waals surface area (Å²) in [6.07, 6.45) is 19.0. The van der Waals surface area contributed by atoms with Gasteiger partial charge in [-0.05, 0) is 79.9 Å². The van der Waals surface area contributed by atoms with Gasteiger partial charge < -0.3 is 4.74 Å². The Balaban J connectivity index is 1.69. The molecule has 1 nitrogen and oxygen atoms in total. The van der Waals surface area contributed by atoms with Crippen LogP contribution in [0.4, 0.5) is 0 Å². The lowest BCUT2D eigenvalue weighted by Crippen LogP contribution is -2.12. The van der Waals surface area contributed by atoms with E-state index in [-0.39, 0.29) is 0 Å². The molecule has 0 aliphatic heterocycles. The number of benzene rings is 1. The van der Waals surface area contributed by atoms with Gasteiger partial charge in [0, 0.05) is 0 Å². The van der Waals surface area contributed by atoms with Crippen LogP contribution in [-0.2, 0) is 0 Å². The molecule has 0 radical (unpaired) electrons. The molecule has 0 N–H and O–H groups in total. The standard InChI is InChI=1S/C25H34O/c1-3-5-10-22-13-15-23(16-14-22)11-8-6-7-9-12-24-17-19-25(20-18-24)26-21-4-2/h8-9,11-12,17-20,22-23H,3-5,10,13-16,21H2,1-2H3/b11-8+,12-9+. The Labute approximate surface area is 160 Å². The zero-order chi connectivity index (χ0) is 18.5. The summed E-state index contributed by atoms with van der Waals surface area (Å²) in [5.41, 5.74) is 1.15. The van der Waals surface area contributed by atoms with Crippen LogP contribution in [0.5, 0.6) is 5.75 Å². The third-order valence-corrected chi connectivity index (χ3v) is 5.10. The van der Waals surface area contributed by atoms with E-state index in [1.54, 1.807) is 0 Å². The molecule has 26 heavy (non-hydrogen) atoms. The zero-order valence-electron chi connectivity index (χ0n) is 16.5. The molecule has 140 valence electrons. The molecule has 2 rings (SSSR count). The van der Waals surface area contributed by atoms with Gasteiger partial charge in [-0.15, -0.1) is 0 Å². The Hall–Kier alpha value is -1.94. The molecule has 0 atom stereocenters. The van der Waals surface area contributed by atoms with Crippen LogP contribution in [0.2, 0.25) is 0 Å². The molecule has 1 aromatic carbocycles. The van der Waals surface area contributed by atoms with Crippen molar-refractivity contribution in [1.29, 1.82) is 0 Å². The van der Waals surface area contributed by atoms with Crippen LogP contribution in [0.25, 0.3) is 6.08 Å². The summed E-state index contributed by atoms with van der Waals surface area (Å²) in [5.74, 6) is 8.91. The van der Waals surface area contributed by atoms with E-state index in [1.165, 1.54) is 44.9 Å². The Morgan fingerprint density at radius 2 is 1.69 bits per heavy atom. The summed E-state index contributed by atoms with van der Waals surface area (Å²) in [5, 5.41) is 0. The average molecular weight is 351 g/mol. The summed E-state index contributed by atoms with van der Waals surface area (Å²) in [4.78, 5) is 0. The zero-order valence-corrected chi connectivity index (χ0v) is 16.5. The van der Waals surface area contributed by atoms with Crippen molar-refractivity contribution in [1.82, 2.24) is 0 Å². The maximum Gasteiger partial charge on any atom is 0.119 e. The number of hydrogen-bond donors (Lipinski definition) is 0. The van der Waals surface area contributed by atoms with Gasteiger partial charge in [-0.2, -0.15) is 0 Å². The first-order valence-corrected chi connectivity index (χ1v) is 10.4. The Morgan fingerprint density at radius 3 is 2.38 bits per heavy atom. The third-order valence-electron chi connectivity index (χ3n) is 5.10. The van der Waals surface area contributed by atoms with Gasteiger partial charge in [0.25, 0.3) is 0 Å². The molecule has 1 aliphatic carbocycles. The van der Waals surface area contributed by atoms with E-state index in [0.717, 1.165) is 36.2 Å². The number of unbranched alkanes of at least 4 members (excludes halogenated alkanes) is 1. The highest BCUT2D eigenvalue weighted by molar-refractivity contribution is 5.54. The second kappa shape index (κ2) is 12.4. The molecule has 1 fully saturated rings. The van der Waals surface area contributed by atoms with Crippen molar-refractivity contribution in [2.24, 2.45) is 11.8 Å². The third kappa shape index (κ3) is 7.96. The molecular formula is C25H34O. The lowest BCUT2D eigenvalue weighted by atomic mass is 9.80. The first-order valence-electron chi connectivity index (χ1n) is 10.4. The lowest BCUT2D eigenvalue weighted by Gasteiger charge is -2.26. The van der Waals surface area contributed by atoms with E-state index in [9.17, 15) is 0 Å². The Kier molecular flexibility index (Phi) is 9.73. The topological polar surface area (TPSA) is 9.23 Å². The van der Waals surface area contributed by atoms with Gasteiger partial charge >= 0.3 is 0 Å². The van der Waals surface area contributed by atoms with E-state index < -0.39 is 0 Å². The Bertz CT molecular complexity index is 604. The average Bonchev–Trinajstić information content (AvgIpc) is 2.69. The molecule has 0 heterocycles. The predicted molar refractivity (Wildman–Crippen MR) is 113 cm³/mol. The molecule has 1 aliphatic rings. The molecule has 0 saturated heterocycles. The van der Waals surface area contributed by atoms with Gasteiger partial charge in [-0.3, -0.25) is 0 Å². The summed E-state index contributed by atoms with van der Waals surface area (Å²) >= 11 is 0. The van der Waals surface area contributed by atoms with Crippen molar-refractivity contribution < 1.29 is 4.74 Å². The highest BCUT2D eigenvalue weighted by Gasteiger charge is 2.18. The van der Waals surface area contributed by atoms with Crippen LogP contribution in [0.1, 0.15) is 70.8 Å². The second-order valence-electron chi connectivity index (χ2n) is 7.32. The number of rotatable bonds is 8. The summed E-state index contributed by atoms with van der Waals surface area (Å²) in [6.45, 7) is 5.18. The maximum absolute atomic E-state index is 5.59. The van der Waals surface area contributed by atoms with Crippen LogP contribution >= 0.6 is 0 Å². The lowest BCUT2D eigenvalue weighted by molar-refractivity contribution is 0.291. The van der Waals surface area contributed by atoms with Crippen molar-refractivity contribution >= 4 is 6.08 Å². The van der Waals surface area contributed by atoms with Gasteiger partial charge in [-0.25, -0.2) is 0 Å². The molecule has 0 spiro atoms. The van der Waals surface area contributed by atoms with Crippen molar-refractivity contribution in [2.45, 2.75) is 65.2 Å². The van der Waals surface area contributed by atoms with Crippen molar-refractivity contribution in [3.8, 4) is 17.6 Å². The first-order chi connectivity index (χ1) is 12.8. The highest BCUT2D eigenvalue weighted by Crippen LogP contribution is 2.32. The smallest absolute Gasteiger partial charge is 0.119 e. The summed E-state index contributed by atoms with van der Waals surface area (Å²) in [7, 11) is 0. The van der Waals surface area contributed by atoms with Gasteiger partial charge in [-0.1, -0.05) is 63.2 Å². The predicted octanol–water partition coefficient (Wildman–Crippen LogP) is 7.04. The minimum Gasteiger partial charge on any atom is -0.494 e. The van der Waals surface area contributed by atoms with Gasteiger partial charge in [0.1, 0.15) is 5.75 Å². The van der Waals surface area contributed by atoms with E-state index >= 15 is 0 Å². The fourth-order valence-corrected chi connectivity index (χ4v) is 3.48. The molecule has 1 aromatic rings. The minimum atomic E-state index is 0.738. The normalized spacial score (nSPS) is 20.2. The quantitative estimate of drug-likeness (QED) is 0.457. The fraction of sp³-hybridized carbons (Fsp3) is 0.520. The molecular weight excluding hydrogens is 316 g/mol. The van der Waals surface area contributed by atoms with E-state index in [2.05, 4.69) is 43.9 Å². The van der Waals surface area contributed by atoms with Crippen molar-refractivity contribution in [2.75, 3.05) is 6.61 Å². The Morgan fingerprint density at radius 1 is 0.962 bits per heavy atom. The van der Waals surface area contributed by atoms with Crippen molar-refractivity contribution in [3.63, 3.8) is 0 Å². The summed E-state index contributed by atoms with van der Waals surface area (Å²) < 4.78 is 5.59. The molecule has 0 amide bonds. The number of hydrogen-bond acceptors (Lipinski definition) is 1.